The van der Waals surface area contributed by atoms with Gasteiger partial charge in [0.05, 0.1) is 10.6 Å². The van der Waals surface area contributed by atoms with Crippen molar-refractivity contribution in [1.82, 2.24) is 5.32 Å². The SMILES string of the molecule is C[C@@H](NCc1cccc(NC(=O)c2ccccc2Cl)c1)c1ccc(Cl)cc1Cl. The van der Waals surface area contributed by atoms with Gasteiger partial charge < -0.3 is 10.6 Å². The minimum atomic E-state index is -0.239. The molecular weight excluding hydrogens is 415 g/mol. The highest BCUT2D eigenvalue weighted by Crippen LogP contribution is 2.26. The number of anilines is 1. The third kappa shape index (κ3) is 5.27. The summed E-state index contributed by atoms with van der Waals surface area (Å²) in [7, 11) is 0. The first kappa shape index (κ1) is 20.7. The van der Waals surface area contributed by atoms with Gasteiger partial charge in [-0.1, -0.05) is 65.1 Å². The smallest absolute Gasteiger partial charge is 0.257 e. The van der Waals surface area contributed by atoms with Crippen LogP contribution in [-0.4, -0.2) is 5.91 Å². The minimum Gasteiger partial charge on any atom is -0.322 e. The lowest BCUT2D eigenvalue weighted by Gasteiger charge is -2.16. The standard InChI is InChI=1S/C22H19Cl3N2O/c1-14(18-10-9-16(23)12-21(18)25)26-13-15-5-4-6-17(11-15)27-22(28)19-7-2-3-8-20(19)24/h2-12,14,26H,13H2,1H3,(H,27,28)/t14-/m1/s1. The van der Waals surface area contributed by atoms with E-state index in [1.54, 1.807) is 30.3 Å². The van der Waals surface area contributed by atoms with Gasteiger partial charge in [0.25, 0.3) is 5.91 Å². The van der Waals surface area contributed by atoms with Gasteiger partial charge in [-0.05, 0) is 54.4 Å². The van der Waals surface area contributed by atoms with Gasteiger partial charge in [0, 0.05) is 28.3 Å². The summed E-state index contributed by atoms with van der Waals surface area (Å²) in [4.78, 5) is 12.4. The van der Waals surface area contributed by atoms with Crippen LogP contribution in [0.4, 0.5) is 5.69 Å². The Morgan fingerprint density at radius 1 is 0.929 bits per heavy atom. The van der Waals surface area contributed by atoms with Gasteiger partial charge in [0.1, 0.15) is 0 Å². The Balaban J connectivity index is 1.65. The van der Waals surface area contributed by atoms with Gasteiger partial charge in [0.2, 0.25) is 0 Å². The van der Waals surface area contributed by atoms with Crippen LogP contribution in [0.25, 0.3) is 0 Å². The number of rotatable bonds is 6. The third-order valence-corrected chi connectivity index (χ3v) is 5.24. The lowest BCUT2D eigenvalue weighted by atomic mass is 10.1. The van der Waals surface area contributed by atoms with E-state index in [1.807, 2.05) is 43.3 Å². The molecule has 0 aliphatic heterocycles. The highest BCUT2D eigenvalue weighted by molar-refractivity contribution is 6.35. The highest BCUT2D eigenvalue weighted by atomic mass is 35.5. The molecule has 3 aromatic rings. The molecule has 1 atom stereocenters. The number of halogens is 3. The lowest BCUT2D eigenvalue weighted by Crippen LogP contribution is -2.18. The van der Waals surface area contributed by atoms with Crippen LogP contribution in [0.5, 0.6) is 0 Å². The molecule has 0 aliphatic carbocycles. The fraction of sp³-hybridized carbons (Fsp3) is 0.136. The van der Waals surface area contributed by atoms with Crippen molar-refractivity contribution < 1.29 is 4.79 Å². The number of benzene rings is 3. The average Bonchev–Trinajstić information content (AvgIpc) is 2.66. The molecule has 1 amide bonds. The first-order chi connectivity index (χ1) is 13.4. The van der Waals surface area contributed by atoms with Crippen molar-refractivity contribution in [2.24, 2.45) is 0 Å². The third-order valence-electron chi connectivity index (χ3n) is 4.34. The molecule has 2 N–H and O–H groups in total. The summed E-state index contributed by atoms with van der Waals surface area (Å²) in [6.07, 6.45) is 0. The molecule has 3 nitrogen and oxygen atoms in total. The van der Waals surface area contributed by atoms with E-state index < -0.39 is 0 Å². The number of carbonyl (C=O) groups is 1. The van der Waals surface area contributed by atoms with Crippen molar-refractivity contribution in [1.29, 1.82) is 0 Å². The molecule has 6 heteroatoms. The van der Waals surface area contributed by atoms with E-state index in [-0.39, 0.29) is 11.9 Å². The van der Waals surface area contributed by atoms with Gasteiger partial charge in [0.15, 0.2) is 0 Å². The Labute approximate surface area is 179 Å². The maximum absolute atomic E-state index is 12.4. The molecule has 0 aromatic heterocycles. The van der Waals surface area contributed by atoms with Crippen molar-refractivity contribution in [3.63, 3.8) is 0 Å². The maximum Gasteiger partial charge on any atom is 0.257 e. The Morgan fingerprint density at radius 2 is 1.71 bits per heavy atom. The first-order valence-corrected chi connectivity index (χ1v) is 9.90. The van der Waals surface area contributed by atoms with Crippen LogP contribution in [0.3, 0.4) is 0 Å². The van der Waals surface area contributed by atoms with Crippen molar-refractivity contribution in [2.75, 3.05) is 5.32 Å². The van der Waals surface area contributed by atoms with Gasteiger partial charge in [-0.2, -0.15) is 0 Å². The van der Waals surface area contributed by atoms with Crippen LogP contribution in [0, 0.1) is 0 Å². The largest absolute Gasteiger partial charge is 0.322 e. The van der Waals surface area contributed by atoms with Gasteiger partial charge in [-0.15, -0.1) is 0 Å². The Hall–Kier alpha value is -2.04. The fourth-order valence-electron chi connectivity index (χ4n) is 2.84. The monoisotopic (exact) mass is 432 g/mol. The second kappa shape index (κ2) is 9.44. The fourth-order valence-corrected chi connectivity index (χ4v) is 3.63. The molecule has 0 spiro atoms. The number of amides is 1. The van der Waals surface area contributed by atoms with Crippen molar-refractivity contribution in [3.8, 4) is 0 Å². The molecule has 28 heavy (non-hydrogen) atoms. The van der Waals surface area contributed by atoms with E-state index in [0.717, 1.165) is 11.1 Å². The van der Waals surface area contributed by atoms with Crippen LogP contribution in [0.2, 0.25) is 15.1 Å². The van der Waals surface area contributed by atoms with Crippen LogP contribution in [0.1, 0.15) is 34.5 Å². The zero-order chi connectivity index (χ0) is 20.1. The van der Waals surface area contributed by atoms with E-state index in [2.05, 4.69) is 10.6 Å². The quantitative estimate of drug-likeness (QED) is 0.451. The molecule has 0 saturated carbocycles. The molecule has 0 unspecified atom stereocenters. The number of hydrogen-bond donors (Lipinski definition) is 2. The van der Waals surface area contributed by atoms with Crippen LogP contribution < -0.4 is 10.6 Å². The molecule has 0 bridgehead atoms. The van der Waals surface area contributed by atoms with E-state index in [4.69, 9.17) is 34.8 Å². The Bertz CT molecular complexity index is 991. The van der Waals surface area contributed by atoms with Crippen LogP contribution in [-0.2, 0) is 6.54 Å². The molecule has 0 heterocycles. The summed E-state index contributed by atoms with van der Waals surface area (Å²) in [6.45, 7) is 2.66. The van der Waals surface area contributed by atoms with Gasteiger partial charge >= 0.3 is 0 Å². The van der Waals surface area contributed by atoms with Crippen LogP contribution in [0.15, 0.2) is 66.7 Å². The summed E-state index contributed by atoms with van der Waals surface area (Å²) < 4.78 is 0. The normalized spacial score (nSPS) is 11.9. The maximum atomic E-state index is 12.4. The molecule has 0 aliphatic rings. The Kier molecular flexibility index (Phi) is 6.97. The first-order valence-electron chi connectivity index (χ1n) is 8.77. The molecule has 0 saturated heterocycles. The summed E-state index contributed by atoms with van der Waals surface area (Å²) >= 11 is 18.3. The van der Waals surface area contributed by atoms with E-state index in [1.165, 1.54) is 0 Å². The number of nitrogens with one attached hydrogen (secondary N) is 2. The van der Waals surface area contributed by atoms with Crippen molar-refractivity contribution in [3.05, 3.63) is 98.5 Å². The van der Waals surface area contributed by atoms with Gasteiger partial charge in [-0.3, -0.25) is 4.79 Å². The summed E-state index contributed by atoms with van der Waals surface area (Å²) in [5.41, 5.74) is 3.17. The zero-order valence-electron chi connectivity index (χ0n) is 15.2. The average molecular weight is 434 g/mol. The molecule has 3 rings (SSSR count). The van der Waals surface area contributed by atoms with E-state index in [9.17, 15) is 4.79 Å². The molecule has 144 valence electrons. The van der Waals surface area contributed by atoms with Crippen molar-refractivity contribution in [2.45, 2.75) is 19.5 Å². The van der Waals surface area contributed by atoms with Gasteiger partial charge in [-0.25, -0.2) is 0 Å². The zero-order valence-corrected chi connectivity index (χ0v) is 17.4. The summed E-state index contributed by atoms with van der Waals surface area (Å²) in [5.74, 6) is -0.239. The number of hydrogen-bond acceptors (Lipinski definition) is 2. The molecule has 0 fully saturated rings. The second-order valence-electron chi connectivity index (χ2n) is 6.40. The van der Waals surface area contributed by atoms with Crippen molar-refractivity contribution >= 4 is 46.4 Å². The molecule has 0 radical (unpaired) electrons. The summed E-state index contributed by atoms with van der Waals surface area (Å²) in [5, 5.41) is 7.99. The second-order valence-corrected chi connectivity index (χ2v) is 7.65. The highest BCUT2D eigenvalue weighted by Gasteiger charge is 2.11. The predicted molar refractivity (Wildman–Crippen MR) is 118 cm³/mol. The van der Waals surface area contributed by atoms with E-state index in [0.29, 0.717) is 32.9 Å². The predicted octanol–water partition coefficient (Wildman–Crippen LogP) is 6.75. The molecular formula is C22H19Cl3N2O. The lowest BCUT2D eigenvalue weighted by molar-refractivity contribution is 0.102. The minimum absolute atomic E-state index is 0.0474. The topological polar surface area (TPSA) is 41.1 Å². The van der Waals surface area contributed by atoms with E-state index >= 15 is 0 Å². The van der Waals surface area contributed by atoms with Crippen LogP contribution >= 0.6 is 34.8 Å². The molecule has 3 aromatic carbocycles. The number of carbonyl (C=O) groups excluding carboxylic acids is 1. The Morgan fingerprint density at radius 3 is 2.46 bits per heavy atom. The summed E-state index contributed by atoms with van der Waals surface area (Å²) in [6, 6.07) is 20.2.